The molecule has 0 spiro atoms. The van der Waals surface area contributed by atoms with Gasteiger partial charge >= 0.3 is 0 Å². The Hall–Kier alpha value is -2.94. The van der Waals surface area contributed by atoms with Crippen molar-refractivity contribution in [2.75, 3.05) is 10.6 Å². The molecule has 0 fully saturated rings. The summed E-state index contributed by atoms with van der Waals surface area (Å²) in [4.78, 5) is 10.7. The summed E-state index contributed by atoms with van der Waals surface area (Å²) in [7, 11) is 0. The second kappa shape index (κ2) is 6.17. The lowest BCUT2D eigenvalue weighted by molar-refractivity contribution is 0.660. The lowest BCUT2D eigenvalue weighted by Crippen LogP contribution is -2.13. The Bertz CT molecular complexity index is 1040. The number of halogens is 1. The number of nitrogen functional groups attached to an aromatic ring is 1. The molecule has 0 saturated heterocycles. The Labute approximate surface area is 151 Å². The first-order valence-corrected chi connectivity index (χ1v) is 8.48. The number of hydrogen-bond acceptors (Lipinski definition) is 6. The standard InChI is InChI=1S/C16H15BrN8/c1-2-24-9-12(7-21-24)25(16-19-8-13(17)15(18)22-16)11-3-4-14-10(5-11)6-20-23-14/h3-9H,2H2,1H3,(H,20,23)(H2,18,19,22). The molecule has 3 heterocycles. The van der Waals surface area contributed by atoms with E-state index in [4.69, 9.17) is 5.73 Å². The van der Waals surface area contributed by atoms with Crippen LogP contribution in [-0.4, -0.2) is 29.9 Å². The number of nitrogens with two attached hydrogens (primary N) is 1. The number of aryl methyl sites for hydroxylation is 1. The largest absolute Gasteiger partial charge is 0.383 e. The van der Waals surface area contributed by atoms with Gasteiger partial charge in [0.05, 0.1) is 33.8 Å². The van der Waals surface area contributed by atoms with Crippen molar-refractivity contribution in [3.63, 3.8) is 0 Å². The number of fused-ring (bicyclic) bond motifs is 1. The van der Waals surface area contributed by atoms with E-state index >= 15 is 0 Å². The maximum atomic E-state index is 5.96. The molecule has 4 aromatic rings. The summed E-state index contributed by atoms with van der Waals surface area (Å²) in [5.41, 5.74) is 8.67. The molecule has 0 amide bonds. The van der Waals surface area contributed by atoms with Crippen LogP contribution in [0.1, 0.15) is 6.92 Å². The Morgan fingerprint density at radius 1 is 1.24 bits per heavy atom. The summed E-state index contributed by atoms with van der Waals surface area (Å²) < 4.78 is 2.51. The van der Waals surface area contributed by atoms with Crippen molar-refractivity contribution in [3.05, 3.63) is 47.5 Å². The summed E-state index contributed by atoms with van der Waals surface area (Å²) >= 11 is 3.34. The first-order chi connectivity index (χ1) is 12.2. The van der Waals surface area contributed by atoms with Gasteiger partial charge in [0, 0.05) is 24.3 Å². The van der Waals surface area contributed by atoms with Crippen molar-refractivity contribution in [2.45, 2.75) is 13.5 Å². The van der Waals surface area contributed by atoms with E-state index in [9.17, 15) is 0 Å². The molecule has 0 saturated carbocycles. The smallest absolute Gasteiger partial charge is 0.236 e. The molecular formula is C16H15BrN8. The van der Waals surface area contributed by atoms with Gasteiger partial charge in [-0.3, -0.25) is 14.7 Å². The molecule has 0 aliphatic heterocycles. The Morgan fingerprint density at radius 3 is 2.88 bits per heavy atom. The number of benzene rings is 1. The fourth-order valence-corrected chi connectivity index (χ4v) is 2.76. The van der Waals surface area contributed by atoms with Gasteiger partial charge in [-0.1, -0.05) is 0 Å². The summed E-state index contributed by atoms with van der Waals surface area (Å²) in [6.07, 6.45) is 7.15. The van der Waals surface area contributed by atoms with Gasteiger partial charge in [0.15, 0.2) is 0 Å². The molecule has 25 heavy (non-hydrogen) atoms. The third kappa shape index (κ3) is 2.82. The molecule has 3 N–H and O–H groups in total. The highest BCUT2D eigenvalue weighted by molar-refractivity contribution is 9.10. The van der Waals surface area contributed by atoms with Gasteiger partial charge in [-0.15, -0.1) is 0 Å². The van der Waals surface area contributed by atoms with Gasteiger partial charge in [0.2, 0.25) is 5.95 Å². The van der Waals surface area contributed by atoms with E-state index < -0.39 is 0 Å². The molecule has 4 rings (SSSR count). The van der Waals surface area contributed by atoms with Crippen LogP contribution in [0.2, 0.25) is 0 Å². The molecule has 0 aliphatic rings. The van der Waals surface area contributed by atoms with Crippen LogP contribution in [0, 0.1) is 0 Å². The zero-order valence-electron chi connectivity index (χ0n) is 13.4. The highest BCUT2D eigenvalue weighted by Gasteiger charge is 2.18. The molecule has 0 bridgehead atoms. The van der Waals surface area contributed by atoms with E-state index in [1.54, 1.807) is 18.6 Å². The van der Waals surface area contributed by atoms with Crippen LogP contribution in [0.25, 0.3) is 10.9 Å². The number of anilines is 4. The molecular weight excluding hydrogens is 384 g/mol. The van der Waals surface area contributed by atoms with Crippen LogP contribution in [-0.2, 0) is 6.54 Å². The lowest BCUT2D eigenvalue weighted by atomic mass is 10.2. The van der Waals surface area contributed by atoms with Crippen LogP contribution < -0.4 is 10.6 Å². The number of nitrogens with one attached hydrogen (secondary N) is 1. The zero-order chi connectivity index (χ0) is 17.4. The van der Waals surface area contributed by atoms with E-state index in [1.807, 2.05) is 40.9 Å². The quantitative estimate of drug-likeness (QED) is 0.546. The number of H-pyrrole nitrogens is 1. The third-order valence-electron chi connectivity index (χ3n) is 3.84. The average molecular weight is 399 g/mol. The molecule has 126 valence electrons. The lowest BCUT2D eigenvalue weighted by Gasteiger charge is -2.21. The van der Waals surface area contributed by atoms with Crippen LogP contribution >= 0.6 is 15.9 Å². The number of hydrogen-bond donors (Lipinski definition) is 2. The molecule has 0 atom stereocenters. The number of aromatic nitrogens is 6. The van der Waals surface area contributed by atoms with Crippen molar-refractivity contribution < 1.29 is 0 Å². The molecule has 8 nitrogen and oxygen atoms in total. The summed E-state index contributed by atoms with van der Waals surface area (Å²) in [5, 5.41) is 12.4. The van der Waals surface area contributed by atoms with E-state index in [2.05, 4.69) is 41.2 Å². The number of rotatable bonds is 4. The van der Waals surface area contributed by atoms with Crippen molar-refractivity contribution in [1.29, 1.82) is 0 Å². The average Bonchev–Trinajstić information content (AvgIpc) is 3.27. The minimum absolute atomic E-state index is 0.377. The zero-order valence-corrected chi connectivity index (χ0v) is 15.0. The summed E-state index contributed by atoms with van der Waals surface area (Å²) in [6, 6.07) is 5.96. The highest BCUT2D eigenvalue weighted by Crippen LogP contribution is 2.34. The second-order valence-electron chi connectivity index (χ2n) is 5.43. The fourth-order valence-electron chi connectivity index (χ4n) is 2.57. The van der Waals surface area contributed by atoms with Crippen LogP contribution in [0.5, 0.6) is 0 Å². The monoisotopic (exact) mass is 398 g/mol. The molecule has 3 aromatic heterocycles. The molecule has 0 aliphatic carbocycles. The molecule has 0 radical (unpaired) electrons. The minimum Gasteiger partial charge on any atom is -0.383 e. The van der Waals surface area contributed by atoms with Crippen molar-refractivity contribution in [1.82, 2.24) is 29.9 Å². The van der Waals surface area contributed by atoms with Gasteiger partial charge in [-0.2, -0.15) is 15.2 Å². The third-order valence-corrected chi connectivity index (χ3v) is 4.45. The van der Waals surface area contributed by atoms with Crippen molar-refractivity contribution >= 4 is 50.0 Å². The maximum Gasteiger partial charge on any atom is 0.236 e. The van der Waals surface area contributed by atoms with E-state index in [1.165, 1.54) is 0 Å². The van der Waals surface area contributed by atoms with Crippen LogP contribution in [0.4, 0.5) is 23.1 Å². The van der Waals surface area contributed by atoms with Gasteiger partial charge in [-0.05, 0) is 41.1 Å². The van der Waals surface area contributed by atoms with Gasteiger partial charge < -0.3 is 5.73 Å². The summed E-state index contributed by atoms with van der Waals surface area (Å²) in [6.45, 7) is 2.81. The van der Waals surface area contributed by atoms with Crippen molar-refractivity contribution in [2.24, 2.45) is 0 Å². The van der Waals surface area contributed by atoms with Gasteiger partial charge in [0.1, 0.15) is 5.82 Å². The minimum atomic E-state index is 0.377. The fraction of sp³-hybridized carbons (Fsp3) is 0.125. The van der Waals surface area contributed by atoms with Crippen LogP contribution in [0.3, 0.4) is 0 Å². The SMILES string of the molecule is CCn1cc(N(c2ccc3[nH]ncc3c2)c2ncc(Br)c(N)n2)cn1. The first-order valence-electron chi connectivity index (χ1n) is 7.69. The Morgan fingerprint density at radius 2 is 2.12 bits per heavy atom. The first kappa shape index (κ1) is 15.6. The van der Waals surface area contributed by atoms with Crippen molar-refractivity contribution in [3.8, 4) is 0 Å². The van der Waals surface area contributed by atoms with Gasteiger partial charge in [-0.25, -0.2) is 4.98 Å². The maximum absolute atomic E-state index is 5.96. The van der Waals surface area contributed by atoms with E-state index in [-0.39, 0.29) is 0 Å². The highest BCUT2D eigenvalue weighted by atomic mass is 79.9. The Kier molecular flexibility index (Phi) is 3.85. The Balaban J connectivity index is 1.88. The molecule has 1 aromatic carbocycles. The normalized spacial score (nSPS) is 11.1. The van der Waals surface area contributed by atoms with Gasteiger partial charge in [0.25, 0.3) is 0 Å². The molecule has 9 heteroatoms. The predicted molar refractivity (Wildman–Crippen MR) is 99.9 cm³/mol. The van der Waals surface area contributed by atoms with E-state index in [0.717, 1.165) is 28.8 Å². The predicted octanol–water partition coefficient (Wildman–Crippen LogP) is 3.38. The molecule has 0 unspecified atom stereocenters. The summed E-state index contributed by atoms with van der Waals surface area (Å²) in [5.74, 6) is 0.849. The topological polar surface area (TPSA) is 102 Å². The number of aromatic amines is 1. The number of nitrogens with zero attached hydrogens (tertiary/aromatic N) is 6. The second-order valence-corrected chi connectivity index (χ2v) is 6.29. The van der Waals surface area contributed by atoms with E-state index in [0.29, 0.717) is 16.2 Å². The van der Waals surface area contributed by atoms with Crippen LogP contribution in [0.15, 0.2) is 47.5 Å².